The second-order valence-corrected chi connectivity index (χ2v) is 7.16. The van der Waals surface area contributed by atoms with E-state index in [9.17, 15) is 4.79 Å². The van der Waals surface area contributed by atoms with E-state index < -0.39 is 0 Å². The number of halogens is 1. The molecule has 4 heteroatoms. The van der Waals surface area contributed by atoms with Gasteiger partial charge in [0.05, 0.1) is 19.6 Å². The van der Waals surface area contributed by atoms with Gasteiger partial charge in [0.2, 0.25) is 0 Å². The van der Waals surface area contributed by atoms with Gasteiger partial charge in [0.25, 0.3) is 0 Å². The van der Waals surface area contributed by atoms with Crippen LogP contribution in [0.4, 0.5) is 0 Å². The topological polar surface area (TPSA) is 35.5 Å². The van der Waals surface area contributed by atoms with Crippen molar-refractivity contribution in [3.63, 3.8) is 0 Å². The summed E-state index contributed by atoms with van der Waals surface area (Å²) < 4.78 is 10.7. The normalized spacial score (nSPS) is 12.9. The maximum absolute atomic E-state index is 12.3. The second kappa shape index (κ2) is 7.35. The molecule has 0 spiro atoms. The van der Waals surface area contributed by atoms with Gasteiger partial charge in [-0.2, -0.15) is 0 Å². The lowest BCUT2D eigenvalue weighted by Gasteiger charge is -2.22. The number of ether oxygens (including phenoxy) is 2. The number of hydrogen-bond donors (Lipinski definition) is 0. The number of alkyl halides is 1. The first-order valence-electron chi connectivity index (χ1n) is 7.66. The highest BCUT2D eigenvalue weighted by atomic mass is 79.9. The summed E-state index contributed by atoms with van der Waals surface area (Å²) in [7, 11) is 1.65. The number of methoxy groups -OCH3 is 1. The SMILES string of the molecule is COc1ccc2cc(C(C)C(=O)OCC(C)(C)CBr)ccc2c1. The van der Waals surface area contributed by atoms with Crippen molar-refractivity contribution in [3.8, 4) is 5.75 Å². The Balaban J connectivity index is 2.14. The number of esters is 1. The van der Waals surface area contributed by atoms with Crippen LogP contribution in [0.1, 0.15) is 32.3 Å². The van der Waals surface area contributed by atoms with E-state index in [0.717, 1.165) is 27.4 Å². The Morgan fingerprint density at radius 1 is 1.17 bits per heavy atom. The Morgan fingerprint density at radius 2 is 1.83 bits per heavy atom. The van der Waals surface area contributed by atoms with Crippen LogP contribution in [0.2, 0.25) is 0 Å². The largest absolute Gasteiger partial charge is 0.497 e. The molecule has 0 amide bonds. The molecule has 0 aromatic heterocycles. The highest BCUT2D eigenvalue weighted by molar-refractivity contribution is 9.09. The summed E-state index contributed by atoms with van der Waals surface area (Å²) in [5.41, 5.74) is 0.902. The summed E-state index contributed by atoms with van der Waals surface area (Å²) in [4.78, 5) is 12.3. The first-order chi connectivity index (χ1) is 10.9. The van der Waals surface area contributed by atoms with Crippen molar-refractivity contribution in [2.24, 2.45) is 5.41 Å². The van der Waals surface area contributed by atoms with Crippen molar-refractivity contribution in [1.82, 2.24) is 0 Å². The molecular formula is C19H23BrO3. The van der Waals surface area contributed by atoms with Crippen molar-refractivity contribution in [1.29, 1.82) is 0 Å². The zero-order valence-electron chi connectivity index (χ0n) is 14.1. The van der Waals surface area contributed by atoms with Crippen LogP contribution in [0.15, 0.2) is 36.4 Å². The van der Waals surface area contributed by atoms with E-state index in [1.54, 1.807) is 7.11 Å². The zero-order chi connectivity index (χ0) is 17.0. The highest BCUT2D eigenvalue weighted by Gasteiger charge is 2.22. The lowest BCUT2D eigenvalue weighted by molar-refractivity contribution is -0.147. The van der Waals surface area contributed by atoms with E-state index in [0.29, 0.717) is 6.61 Å². The predicted molar refractivity (Wildman–Crippen MR) is 97.4 cm³/mol. The average Bonchev–Trinajstić information content (AvgIpc) is 2.58. The summed E-state index contributed by atoms with van der Waals surface area (Å²) >= 11 is 3.44. The third kappa shape index (κ3) is 4.47. The van der Waals surface area contributed by atoms with Gasteiger partial charge in [-0.3, -0.25) is 4.79 Å². The van der Waals surface area contributed by atoms with Crippen molar-refractivity contribution in [2.45, 2.75) is 26.7 Å². The van der Waals surface area contributed by atoms with Crippen LogP contribution >= 0.6 is 15.9 Å². The van der Waals surface area contributed by atoms with Crippen LogP contribution in [-0.2, 0) is 9.53 Å². The van der Waals surface area contributed by atoms with E-state index in [4.69, 9.17) is 9.47 Å². The van der Waals surface area contributed by atoms with E-state index >= 15 is 0 Å². The zero-order valence-corrected chi connectivity index (χ0v) is 15.6. The van der Waals surface area contributed by atoms with E-state index in [-0.39, 0.29) is 17.3 Å². The molecule has 0 radical (unpaired) electrons. The number of carbonyl (C=O) groups excluding carboxylic acids is 1. The second-order valence-electron chi connectivity index (χ2n) is 6.60. The Bertz CT molecular complexity index is 694. The molecule has 0 fully saturated rings. The van der Waals surface area contributed by atoms with Crippen molar-refractivity contribution in [3.05, 3.63) is 42.0 Å². The number of rotatable bonds is 6. The molecule has 0 aliphatic heterocycles. The minimum Gasteiger partial charge on any atom is -0.497 e. The fourth-order valence-electron chi connectivity index (χ4n) is 2.20. The maximum atomic E-state index is 12.3. The summed E-state index contributed by atoms with van der Waals surface area (Å²) in [6.45, 7) is 6.41. The molecule has 0 saturated carbocycles. The minimum absolute atomic E-state index is 0.0602. The van der Waals surface area contributed by atoms with Gasteiger partial charge in [0, 0.05) is 10.7 Å². The molecule has 23 heavy (non-hydrogen) atoms. The molecule has 0 bridgehead atoms. The van der Waals surface area contributed by atoms with E-state index in [1.165, 1.54) is 0 Å². The molecule has 1 atom stereocenters. The van der Waals surface area contributed by atoms with Gasteiger partial charge >= 0.3 is 5.97 Å². The molecule has 0 heterocycles. The van der Waals surface area contributed by atoms with Crippen LogP contribution in [-0.4, -0.2) is 25.0 Å². The summed E-state index contributed by atoms with van der Waals surface area (Å²) in [5, 5.41) is 2.97. The van der Waals surface area contributed by atoms with Gasteiger partial charge in [0.1, 0.15) is 5.75 Å². The van der Waals surface area contributed by atoms with Crippen molar-refractivity contribution in [2.75, 3.05) is 19.0 Å². The quantitative estimate of drug-likeness (QED) is 0.528. The number of benzene rings is 2. The van der Waals surface area contributed by atoms with Gasteiger partial charge in [-0.15, -0.1) is 0 Å². The fraction of sp³-hybridized carbons (Fsp3) is 0.421. The van der Waals surface area contributed by atoms with Gasteiger partial charge in [0.15, 0.2) is 0 Å². The Kier molecular flexibility index (Phi) is 5.69. The van der Waals surface area contributed by atoms with E-state index in [1.807, 2.05) is 43.3 Å². The maximum Gasteiger partial charge on any atom is 0.313 e. The van der Waals surface area contributed by atoms with Crippen LogP contribution in [0.25, 0.3) is 10.8 Å². The molecule has 0 aliphatic rings. The Labute approximate surface area is 146 Å². The summed E-state index contributed by atoms with van der Waals surface area (Å²) in [6, 6.07) is 11.9. The molecular weight excluding hydrogens is 356 g/mol. The molecule has 1 unspecified atom stereocenters. The molecule has 2 aromatic rings. The molecule has 2 rings (SSSR count). The molecule has 0 aliphatic carbocycles. The van der Waals surface area contributed by atoms with Gasteiger partial charge < -0.3 is 9.47 Å². The molecule has 2 aromatic carbocycles. The number of fused-ring (bicyclic) bond motifs is 1. The Hall–Kier alpha value is -1.55. The number of hydrogen-bond acceptors (Lipinski definition) is 3. The molecule has 0 saturated heterocycles. The van der Waals surface area contributed by atoms with Crippen molar-refractivity contribution >= 4 is 32.7 Å². The minimum atomic E-state index is -0.285. The third-order valence-corrected chi connectivity index (χ3v) is 5.41. The third-order valence-electron chi connectivity index (χ3n) is 3.89. The summed E-state index contributed by atoms with van der Waals surface area (Å²) in [6.07, 6.45) is 0. The van der Waals surface area contributed by atoms with Gasteiger partial charge in [-0.25, -0.2) is 0 Å². The highest BCUT2D eigenvalue weighted by Crippen LogP contribution is 2.26. The molecule has 124 valence electrons. The van der Waals surface area contributed by atoms with Crippen LogP contribution < -0.4 is 4.74 Å². The van der Waals surface area contributed by atoms with Gasteiger partial charge in [-0.05, 0) is 35.4 Å². The first-order valence-corrected chi connectivity index (χ1v) is 8.79. The fourth-order valence-corrected chi connectivity index (χ4v) is 2.37. The van der Waals surface area contributed by atoms with Crippen LogP contribution in [0.3, 0.4) is 0 Å². The summed E-state index contributed by atoms with van der Waals surface area (Å²) in [5.74, 6) is 0.356. The van der Waals surface area contributed by atoms with Crippen molar-refractivity contribution < 1.29 is 14.3 Å². The van der Waals surface area contributed by atoms with Crippen LogP contribution in [0.5, 0.6) is 5.75 Å². The Morgan fingerprint density at radius 3 is 2.48 bits per heavy atom. The standard InChI is InChI=1S/C19H23BrO3/c1-13(18(21)23-12-19(2,3)11-20)14-5-6-16-10-17(22-4)8-7-15(16)9-14/h5-10,13H,11-12H2,1-4H3. The first kappa shape index (κ1) is 17.8. The van der Waals surface area contributed by atoms with Crippen LogP contribution in [0, 0.1) is 5.41 Å². The lowest BCUT2D eigenvalue weighted by Crippen LogP contribution is -2.25. The molecule has 3 nitrogen and oxygen atoms in total. The molecule has 0 N–H and O–H groups in total. The van der Waals surface area contributed by atoms with Gasteiger partial charge in [-0.1, -0.05) is 54.0 Å². The number of carbonyl (C=O) groups is 1. The predicted octanol–water partition coefficient (Wildman–Crippen LogP) is 4.92. The lowest BCUT2D eigenvalue weighted by atomic mass is 9.96. The average molecular weight is 379 g/mol. The smallest absolute Gasteiger partial charge is 0.313 e. The van der Waals surface area contributed by atoms with E-state index in [2.05, 4.69) is 29.8 Å². The monoisotopic (exact) mass is 378 g/mol.